The predicted molar refractivity (Wildman–Crippen MR) is 72.1 cm³/mol. The minimum absolute atomic E-state index is 0.240. The average Bonchev–Trinajstić information content (AvgIpc) is 2.45. The average molecular weight is 244 g/mol. The Morgan fingerprint density at radius 1 is 1.22 bits per heavy atom. The highest BCUT2D eigenvalue weighted by molar-refractivity contribution is 5.42. The van der Waals surface area contributed by atoms with Gasteiger partial charge in [0.05, 0.1) is 13.2 Å². The van der Waals surface area contributed by atoms with E-state index in [4.69, 9.17) is 9.47 Å². The smallest absolute Gasteiger partial charge is 0.184 e. The largest absolute Gasteiger partial charge is 0.348 e. The Kier molecular flexibility index (Phi) is 5.26. The molecule has 1 fully saturated rings. The van der Waals surface area contributed by atoms with E-state index in [0.717, 1.165) is 43.6 Å². The van der Waals surface area contributed by atoms with Crippen molar-refractivity contribution in [3.05, 3.63) is 35.4 Å². The number of hydrogen-bond donors (Lipinski definition) is 0. The monoisotopic (exact) mass is 244 g/mol. The number of benzene rings is 1. The first-order valence-electron chi connectivity index (χ1n) is 6.73. The van der Waals surface area contributed by atoms with Crippen LogP contribution < -0.4 is 0 Å². The van der Waals surface area contributed by atoms with Crippen LogP contribution in [0.15, 0.2) is 24.3 Å². The van der Waals surface area contributed by atoms with E-state index in [0.29, 0.717) is 0 Å². The van der Waals surface area contributed by atoms with Crippen LogP contribution in [0.25, 0.3) is 0 Å². The number of hydrogen-bond acceptors (Lipinski definition) is 2. The molecule has 0 saturated carbocycles. The highest BCUT2D eigenvalue weighted by Crippen LogP contribution is 2.25. The summed E-state index contributed by atoms with van der Waals surface area (Å²) in [6.45, 7) is 3.71. The van der Waals surface area contributed by atoms with Crippen LogP contribution >= 0.6 is 0 Å². The molecule has 0 radical (unpaired) electrons. The summed E-state index contributed by atoms with van der Waals surface area (Å²) in [7, 11) is 0. The Balaban J connectivity index is 2.10. The zero-order valence-electron chi connectivity index (χ0n) is 10.9. The molecule has 0 aliphatic carbocycles. The second-order valence-electron chi connectivity index (χ2n) is 4.42. The molecule has 0 spiro atoms. The van der Waals surface area contributed by atoms with Crippen LogP contribution in [-0.2, 0) is 9.47 Å². The van der Waals surface area contributed by atoms with E-state index < -0.39 is 0 Å². The molecule has 1 saturated heterocycles. The van der Waals surface area contributed by atoms with Crippen LogP contribution in [0.2, 0.25) is 0 Å². The minimum Gasteiger partial charge on any atom is -0.348 e. The van der Waals surface area contributed by atoms with E-state index in [1.54, 1.807) is 0 Å². The molecular formula is C16H20O2. The van der Waals surface area contributed by atoms with Gasteiger partial charge in [-0.2, -0.15) is 0 Å². The van der Waals surface area contributed by atoms with Crippen molar-refractivity contribution < 1.29 is 9.47 Å². The first-order chi connectivity index (χ1) is 8.92. The molecule has 0 aromatic heterocycles. The Hall–Kier alpha value is -1.30. The zero-order chi connectivity index (χ0) is 12.6. The van der Waals surface area contributed by atoms with Crippen molar-refractivity contribution in [2.24, 2.45) is 0 Å². The lowest BCUT2D eigenvalue weighted by Gasteiger charge is -2.24. The molecule has 0 unspecified atom stereocenters. The fourth-order valence-electron chi connectivity index (χ4n) is 1.91. The van der Waals surface area contributed by atoms with E-state index in [2.05, 4.69) is 18.8 Å². The maximum atomic E-state index is 5.64. The first kappa shape index (κ1) is 13.1. The maximum Gasteiger partial charge on any atom is 0.184 e. The van der Waals surface area contributed by atoms with E-state index in [1.165, 1.54) is 6.42 Å². The molecule has 2 heteroatoms. The van der Waals surface area contributed by atoms with Crippen molar-refractivity contribution >= 4 is 0 Å². The van der Waals surface area contributed by atoms with Crippen molar-refractivity contribution in [2.75, 3.05) is 13.2 Å². The second-order valence-corrected chi connectivity index (χ2v) is 4.42. The van der Waals surface area contributed by atoms with Crippen molar-refractivity contribution in [1.82, 2.24) is 0 Å². The molecule has 0 atom stereocenters. The zero-order valence-corrected chi connectivity index (χ0v) is 10.9. The molecule has 1 heterocycles. The lowest BCUT2D eigenvalue weighted by atomic mass is 10.1. The van der Waals surface area contributed by atoms with Crippen LogP contribution in [0.3, 0.4) is 0 Å². The number of unbranched alkanes of at least 4 members (excludes halogenated alkanes) is 2. The molecule has 0 bridgehead atoms. The van der Waals surface area contributed by atoms with Gasteiger partial charge in [0.2, 0.25) is 0 Å². The molecule has 0 amide bonds. The summed E-state index contributed by atoms with van der Waals surface area (Å²) in [5.74, 6) is 6.46. The molecule has 18 heavy (non-hydrogen) atoms. The van der Waals surface area contributed by atoms with Gasteiger partial charge in [-0.1, -0.05) is 43.4 Å². The van der Waals surface area contributed by atoms with Crippen molar-refractivity contribution in [3.8, 4) is 11.8 Å². The summed E-state index contributed by atoms with van der Waals surface area (Å²) in [5, 5.41) is 0. The summed E-state index contributed by atoms with van der Waals surface area (Å²) >= 11 is 0. The highest BCUT2D eigenvalue weighted by Gasteiger charge is 2.18. The topological polar surface area (TPSA) is 18.5 Å². The van der Waals surface area contributed by atoms with Gasteiger partial charge in [-0.15, -0.1) is 0 Å². The predicted octanol–water partition coefficient (Wildman–Crippen LogP) is 3.66. The van der Waals surface area contributed by atoms with Gasteiger partial charge in [0.25, 0.3) is 0 Å². The van der Waals surface area contributed by atoms with Gasteiger partial charge in [0, 0.05) is 17.5 Å². The van der Waals surface area contributed by atoms with Gasteiger partial charge in [-0.25, -0.2) is 0 Å². The van der Waals surface area contributed by atoms with Crippen molar-refractivity contribution in [3.63, 3.8) is 0 Å². The Bertz CT molecular complexity index is 422. The summed E-state index contributed by atoms with van der Waals surface area (Å²) in [6, 6.07) is 8.10. The summed E-state index contributed by atoms with van der Waals surface area (Å²) < 4.78 is 11.3. The molecule has 96 valence electrons. The second kappa shape index (κ2) is 7.20. The van der Waals surface area contributed by atoms with Crippen LogP contribution in [0, 0.1) is 11.8 Å². The van der Waals surface area contributed by atoms with E-state index in [9.17, 15) is 0 Å². The fraction of sp³-hybridized carbons (Fsp3) is 0.500. The lowest BCUT2D eigenvalue weighted by molar-refractivity contribution is -0.183. The Labute approximate surface area is 109 Å². The van der Waals surface area contributed by atoms with Gasteiger partial charge in [0.1, 0.15) is 0 Å². The van der Waals surface area contributed by atoms with Crippen molar-refractivity contribution in [1.29, 1.82) is 0 Å². The third-order valence-corrected chi connectivity index (χ3v) is 2.92. The van der Waals surface area contributed by atoms with Gasteiger partial charge in [-0.3, -0.25) is 0 Å². The molecule has 1 aromatic rings. The van der Waals surface area contributed by atoms with Gasteiger partial charge in [-0.05, 0) is 18.9 Å². The molecule has 2 rings (SSSR count). The van der Waals surface area contributed by atoms with E-state index in [-0.39, 0.29) is 6.29 Å². The third-order valence-electron chi connectivity index (χ3n) is 2.92. The maximum absolute atomic E-state index is 5.64. The number of ether oxygens (including phenoxy) is 2. The molecule has 1 aliphatic rings. The summed E-state index contributed by atoms with van der Waals surface area (Å²) in [5.41, 5.74) is 2.08. The standard InChI is InChI=1S/C16H20O2/c1-2-3-4-5-9-14-10-6-7-11-15(14)16-17-12-8-13-18-16/h6-7,10-11,16H,2-4,8,12-13H2,1H3. The summed E-state index contributed by atoms with van der Waals surface area (Å²) in [4.78, 5) is 0. The van der Waals surface area contributed by atoms with Crippen LogP contribution in [-0.4, -0.2) is 13.2 Å². The lowest BCUT2D eigenvalue weighted by Crippen LogP contribution is -2.18. The normalized spacial score (nSPS) is 16.1. The molecule has 1 aromatic carbocycles. The molecular weight excluding hydrogens is 224 g/mol. The first-order valence-corrected chi connectivity index (χ1v) is 6.73. The minimum atomic E-state index is -0.240. The quantitative estimate of drug-likeness (QED) is 0.596. The highest BCUT2D eigenvalue weighted by atomic mass is 16.7. The number of rotatable bonds is 3. The Morgan fingerprint density at radius 3 is 2.78 bits per heavy atom. The van der Waals surface area contributed by atoms with E-state index >= 15 is 0 Å². The van der Waals surface area contributed by atoms with Gasteiger partial charge in [0.15, 0.2) is 6.29 Å². The van der Waals surface area contributed by atoms with Crippen LogP contribution in [0.5, 0.6) is 0 Å². The SMILES string of the molecule is CCCCC#Cc1ccccc1C1OCCCO1. The third kappa shape index (κ3) is 3.60. The molecule has 2 nitrogen and oxygen atoms in total. The molecule has 0 N–H and O–H groups in total. The summed E-state index contributed by atoms with van der Waals surface area (Å²) in [6.07, 6.45) is 4.03. The van der Waals surface area contributed by atoms with Gasteiger partial charge < -0.3 is 9.47 Å². The van der Waals surface area contributed by atoms with Crippen LogP contribution in [0.4, 0.5) is 0 Å². The van der Waals surface area contributed by atoms with E-state index in [1.807, 2.05) is 24.3 Å². The van der Waals surface area contributed by atoms with Crippen LogP contribution in [0.1, 0.15) is 50.0 Å². The van der Waals surface area contributed by atoms with Crippen molar-refractivity contribution in [2.45, 2.75) is 38.9 Å². The molecule has 1 aliphatic heterocycles. The Morgan fingerprint density at radius 2 is 2.00 bits per heavy atom. The van der Waals surface area contributed by atoms with Gasteiger partial charge >= 0.3 is 0 Å². The fourth-order valence-corrected chi connectivity index (χ4v) is 1.91.